The highest BCUT2D eigenvalue weighted by Gasteiger charge is 2.46. The first kappa shape index (κ1) is 50.1. The second-order valence-corrected chi connectivity index (χ2v) is 20.3. The molecule has 340 valence electrons. The fraction of sp³-hybridized carbons (Fsp3) is 0.865. The Morgan fingerprint density at radius 3 is 1.42 bits per heavy atom. The lowest BCUT2D eigenvalue weighted by atomic mass is 9.70. The molecule has 3 aliphatic heterocycles. The van der Waals surface area contributed by atoms with Crippen LogP contribution in [0.15, 0.2) is 30.3 Å². The molecular weight excluding hydrogens is 735 g/mol. The minimum absolute atomic E-state index is 0.0661. The van der Waals surface area contributed by atoms with Gasteiger partial charge in [-0.05, 0) is 91.9 Å². The summed E-state index contributed by atoms with van der Waals surface area (Å²) >= 11 is 0. The van der Waals surface area contributed by atoms with Crippen molar-refractivity contribution in [1.82, 2.24) is 5.32 Å². The van der Waals surface area contributed by atoms with Crippen LogP contribution in [-0.4, -0.2) is 61.7 Å². The SMILES string of the molecule is CCCCC(CCCC)(CC(=O)NC(CC[C@H]1OC(CC)[C@@H](C)C(C)[C@@H]1C)(CO[C@H]1OC(CC)[C@@H](C)C(C)[C@@H]1C)CO[C@H]1OC(CC)[C@@H](C)C(C)[C@@H]1C)c1ccccc1. The van der Waals surface area contributed by atoms with E-state index in [2.05, 4.69) is 133 Å². The van der Waals surface area contributed by atoms with Crippen LogP contribution in [0.2, 0.25) is 0 Å². The Balaban J connectivity index is 1.77. The molecular formula is C52H91NO6. The molecule has 0 aromatic heterocycles. The van der Waals surface area contributed by atoms with E-state index in [-0.39, 0.29) is 60.2 Å². The predicted molar refractivity (Wildman–Crippen MR) is 243 cm³/mol. The van der Waals surface area contributed by atoms with Crippen LogP contribution >= 0.6 is 0 Å². The second-order valence-electron chi connectivity index (χ2n) is 20.3. The molecule has 0 saturated carbocycles. The molecule has 3 saturated heterocycles. The molecule has 7 heteroatoms. The van der Waals surface area contributed by atoms with Gasteiger partial charge in [-0.1, -0.05) is 153 Å². The zero-order valence-electron chi connectivity index (χ0n) is 40.4. The maximum atomic E-state index is 15.2. The molecule has 3 aliphatic rings. The lowest BCUT2D eigenvalue weighted by molar-refractivity contribution is -0.270. The number of carbonyl (C=O) groups is 1. The maximum Gasteiger partial charge on any atom is 0.221 e. The molecule has 59 heavy (non-hydrogen) atoms. The van der Waals surface area contributed by atoms with Crippen LogP contribution < -0.4 is 5.32 Å². The summed E-state index contributed by atoms with van der Waals surface area (Å²) in [6.07, 6.45) is 10.9. The molecule has 0 bridgehead atoms. The van der Waals surface area contributed by atoms with Crippen molar-refractivity contribution >= 4 is 5.91 Å². The van der Waals surface area contributed by atoms with E-state index in [1.165, 1.54) is 5.56 Å². The quantitative estimate of drug-likeness (QED) is 0.125. The summed E-state index contributed by atoms with van der Waals surface area (Å²) in [7, 11) is 0. The number of hydrogen-bond acceptors (Lipinski definition) is 6. The van der Waals surface area contributed by atoms with Crippen LogP contribution in [-0.2, 0) is 33.9 Å². The first-order valence-corrected chi connectivity index (χ1v) is 24.7. The summed E-state index contributed by atoms with van der Waals surface area (Å²) < 4.78 is 34.6. The highest BCUT2D eigenvalue weighted by molar-refractivity contribution is 5.78. The van der Waals surface area contributed by atoms with E-state index in [9.17, 15) is 0 Å². The van der Waals surface area contributed by atoms with Crippen molar-refractivity contribution in [2.75, 3.05) is 13.2 Å². The van der Waals surface area contributed by atoms with Crippen LogP contribution in [0.5, 0.6) is 0 Å². The van der Waals surface area contributed by atoms with Gasteiger partial charge in [-0.25, -0.2) is 0 Å². The van der Waals surface area contributed by atoms with E-state index in [4.69, 9.17) is 23.7 Å². The average molecular weight is 826 g/mol. The molecule has 15 atom stereocenters. The van der Waals surface area contributed by atoms with Gasteiger partial charge in [-0.2, -0.15) is 0 Å². The van der Waals surface area contributed by atoms with Crippen molar-refractivity contribution in [3.63, 3.8) is 0 Å². The van der Waals surface area contributed by atoms with E-state index in [0.29, 0.717) is 67.5 Å². The minimum atomic E-state index is -0.833. The Kier molecular flexibility index (Phi) is 19.8. The van der Waals surface area contributed by atoms with Gasteiger partial charge in [0.15, 0.2) is 12.6 Å². The summed E-state index contributed by atoms with van der Waals surface area (Å²) in [5.41, 5.74) is 0.179. The third kappa shape index (κ3) is 12.4. The Morgan fingerprint density at radius 1 is 0.559 bits per heavy atom. The Bertz CT molecular complexity index is 1240. The van der Waals surface area contributed by atoms with Crippen LogP contribution in [0.1, 0.15) is 180 Å². The van der Waals surface area contributed by atoms with Gasteiger partial charge in [0.2, 0.25) is 5.91 Å². The van der Waals surface area contributed by atoms with Crippen molar-refractivity contribution in [2.45, 2.75) is 222 Å². The van der Waals surface area contributed by atoms with Gasteiger partial charge in [0, 0.05) is 23.7 Å². The van der Waals surface area contributed by atoms with Crippen LogP contribution in [0.3, 0.4) is 0 Å². The topological polar surface area (TPSA) is 75.3 Å². The molecule has 0 radical (unpaired) electrons. The molecule has 1 aromatic rings. The molecule has 4 rings (SSSR count). The molecule has 1 aromatic carbocycles. The number of ether oxygens (including phenoxy) is 5. The van der Waals surface area contributed by atoms with Gasteiger partial charge < -0.3 is 29.0 Å². The number of benzene rings is 1. The number of rotatable bonds is 22. The molecule has 1 N–H and O–H groups in total. The fourth-order valence-electron chi connectivity index (χ4n) is 11.1. The van der Waals surface area contributed by atoms with Crippen molar-refractivity contribution in [3.8, 4) is 0 Å². The van der Waals surface area contributed by atoms with Crippen LogP contribution in [0.4, 0.5) is 0 Å². The standard InChI is InChI=1S/C52H91NO6/c1-15-20-28-51(29-21-16-2,43-25-23-22-24-26-43)31-48(54)53-52(30-27-47-40(12)34(6)37(9)44(17-3)57-47,32-55-49-41(13)35(7)38(10)45(18-4)58-49)33-56-50-42(14)36(8)39(11)46(19-5)59-50/h22-26,34-42,44-47,49-50H,15-21,27-33H2,1-14H3,(H,53,54)/t34?,35?,36?,37-,38-,39-,40-,41-,42-,44?,45?,46?,47+,49-,50-,52?/m0/s1. The normalized spacial score (nSPS) is 36.5. The Hall–Kier alpha value is -1.51. The van der Waals surface area contributed by atoms with E-state index in [1.54, 1.807) is 0 Å². The fourth-order valence-corrected chi connectivity index (χ4v) is 11.1. The molecule has 0 aliphatic carbocycles. The van der Waals surface area contributed by atoms with Gasteiger partial charge in [-0.15, -0.1) is 0 Å². The van der Waals surface area contributed by atoms with Gasteiger partial charge in [0.1, 0.15) is 0 Å². The van der Waals surface area contributed by atoms with Gasteiger partial charge >= 0.3 is 0 Å². The third-order valence-corrected chi connectivity index (χ3v) is 16.6. The van der Waals surface area contributed by atoms with Gasteiger partial charge in [0.25, 0.3) is 0 Å². The number of hydrogen-bond donors (Lipinski definition) is 1. The Morgan fingerprint density at radius 2 is 0.983 bits per heavy atom. The first-order chi connectivity index (χ1) is 28.1. The lowest BCUT2D eigenvalue weighted by Crippen LogP contribution is -2.59. The Labute approximate surface area is 362 Å². The van der Waals surface area contributed by atoms with E-state index >= 15 is 4.79 Å². The maximum absolute atomic E-state index is 15.2. The largest absolute Gasteiger partial charge is 0.374 e. The molecule has 3 fully saturated rings. The molecule has 0 spiro atoms. The summed E-state index contributed by atoms with van der Waals surface area (Å²) in [4.78, 5) is 15.2. The third-order valence-electron chi connectivity index (χ3n) is 16.6. The van der Waals surface area contributed by atoms with Gasteiger partial charge in [0.05, 0.1) is 43.2 Å². The summed E-state index contributed by atoms with van der Waals surface area (Å²) in [5.74, 6) is 3.69. The smallest absolute Gasteiger partial charge is 0.221 e. The van der Waals surface area contributed by atoms with Crippen molar-refractivity contribution < 1.29 is 28.5 Å². The van der Waals surface area contributed by atoms with Crippen molar-refractivity contribution in [2.24, 2.45) is 53.3 Å². The number of nitrogens with one attached hydrogen (secondary N) is 1. The highest BCUT2D eigenvalue weighted by Crippen LogP contribution is 2.43. The zero-order chi connectivity index (χ0) is 43.5. The molecule has 3 heterocycles. The number of amides is 1. The predicted octanol–water partition coefficient (Wildman–Crippen LogP) is 12.5. The highest BCUT2D eigenvalue weighted by atomic mass is 16.7. The molecule has 7 nitrogen and oxygen atoms in total. The monoisotopic (exact) mass is 826 g/mol. The van der Waals surface area contributed by atoms with E-state index in [1.807, 2.05) is 0 Å². The second kappa shape index (κ2) is 23.3. The minimum Gasteiger partial charge on any atom is -0.374 e. The average Bonchev–Trinajstić information content (AvgIpc) is 3.24. The number of unbranched alkanes of at least 4 members (excludes halogenated alkanes) is 2. The van der Waals surface area contributed by atoms with E-state index in [0.717, 1.165) is 64.2 Å². The summed E-state index contributed by atoms with van der Waals surface area (Å²) in [6.45, 7) is 32.7. The van der Waals surface area contributed by atoms with Gasteiger partial charge in [-0.3, -0.25) is 4.79 Å². The van der Waals surface area contributed by atoms with Crippen LogP contribution in [0.25, 0.3) is 0 Å². The van der Waals surface area contributed by atoms with Crippen molar-refractivity contribution in [3.05, 3.63) is 35.9 Å². The zero-order valence-corrected chi connectivity index (χ0v) is 40.4. The molecule has 6 unspecified atom stereocenters. The van der Waals surface area contributed by atoms with Crippen LogP contribution in [0, 0.1) is 53.3 Å². The van der Waals surface area contributed by atoms with E-state index < -0.39 is 5.54 Å². The molecule has 1 amide bonds. The number of carbonyl (C=O) groups excluding carboxylic acids is 1. The lowest BCUT2D eigenvalue weighted by Gasteiger charge is -2.47. The summed E-state index contributed by atoms with van der Waals surface area (Å²) in [6, 6.07) is 10.8. The van der Waals surface area contributed by atoms with Crippen molar-refractivity contribution in [1.29, 1.82) is 0 Å². The first-order valence-electron chi connectivity index (χ1n) is 24.7. The summed E-state index contributed by atoms with van der Waals surface area (Å²) in [5, 5.41) is 3.75.